The lowest BCUT2D eigenvalue weighted by Crippen LogP contribution is -2.41. The zero-order chi connectivity index (χ0) is 22.7. The fourth-order valence-electron chi connectivity index (χ4n) is 4.05. The predicted octanol–water partition coefficient (Wildman–Crippen LogP) is 2.94. The largest absolute Gasteiger partial charge is 0.381 e. The highest BCUT2D eigenvalue weighted by atomic mass is 19.1. The van der Waals surface area contributed by atoms with Gasteiger partial charge in [-0.15, -0.1) is 0 Å². The van der Waals surface area contributed by atoms with E-state index in [-0.39, 0.29) is 30.2 Å². The molecule has 168 valence electrons. The number of carbonyl (C=O) groups is 2. The Hall–Kier alpha value is -3.49. The number of likely N-dealkylation sites (tertiary alicyclic amines) is 1. The van der Waals surface area contributed by atoms with E-state index in [0.29, 0.717) is 42.1 Å². The van der Waals surface area contributed by atoms with Crippen molar-refractivity contribution in [3.63, 3.8) is 0 Å². The highest BCUT2D eigenvalue weighted by Crippen LogP contribution is 2.28. The van der Waals surface area contributed by atoms with Gasteiger partial charge in [0.1, 0.15) is 5.82 Å². The second kappa shape index (κ2) is 9.33. The SMILES string of the molecule is CCn1ncc2c(NC3CCN(C(C)=O)CC3)c(C(=O)NCc3cccc(F)c3)cnc21. The molecule has 2 aromatic heterocycles. The van der Waals surface area contributed by atoms with Crippen LogP contribution in [0.15, 0.2) is 36.7 Å². The van der Waals surface area contributed by atoms with Gasteiger partial charge in [-0.25, -0.2) is 14.1 Å². The molecule has 0 unspecified atom stereocenters. The molecule has 1 fully saturated rings. The lowest BCUT2D eigenvalue weighted by molar-refractivity contribution is -0.129. The summed E-state index contributed by atoms with van der Waals surface area (Å²) in [7, 11) is 0. The van der Waals surface area contributed by atoms with Crippen LogP contribution in [0.25, 0.3) is 11.0 Å². The highest BCUT2D eigenvalue weighted by molar-refractivity contribution is 6.06. The molecule has 3 aromatic rings. The van der Waals surface area contributed by atoms with Crippen LogP contribution < -0.4 is 10.6 Å². The summed E-state index contributed by atoms with van der Waals surface area (Å²) >= 11 is 0. The van der Waals surface area contributed by atoms with Crippen molar-refractivity contribution in [1.82, 2.24) is 25.0 Å². The molecule has 0 radical (unpaired) electrons. The number of piperidine rings is 1. The lowest BCUT2D eigenvalue weighted by Gasteiger charge is -2.32. The van der Waals surface area contributed by atoms with Crippen LogP contribution in [-0.4, -0.2) is 50.6 Å². The summed E-state index contributed by atoms with van der Waals surface area (Å²) in [6.07, 6.45) is 4.86. The van der Waals surface area contributed by atoms with Gasteiger partial charge in [-0.3, -0.25) is 9.59 Å². The summed E-state index contributed by atoms with van der Waals surface area (Å²) in [6.45, 7) is 5.79. The van der Waals surface area contributed by atoms with Gasteiger partial charge in [0.25, 0.3) is 5.91 Å². The van der Waals surface area contributed by atoms with E-state index < -0.39 is 0 Å². The fourth-order valence-corrected chi connectivity index (χ4v) is 4.05. The molecule has 0 spiro atoms. The van der Waals surface area contributed by atoms with Crippen LogP contribution in [0, 0.1) is 5.82 Å². The van der Waals surface area contributed by atoms with Gasteiger partial charge in [0, 0.05) is 45.3 Å². The third kappa shape index (κ3) is 4.56. The van der Waals surface area contributed by atoms with Gasteiger partial charge in [-0.05, 0) is 37.5 Å². The molecule has 0 atom stereocenters. The fraction of sp³-hybridized carbons (Fsp3) is 0.391. The summed E-state index contributed by atoms with van der Waals surface area (Å²) in [6, 6.07) is 6.27. The third-order valence-corrected chi connectivity index (χ3v) is 5.84. The molecule has 1 aliphatic heterocycles. The minimum absolute atomic E-state index is 0.0800. The maximum absolute atomic E-state index is 13.5. The van der Waals surface area contributed by atoms with Crippen molar-refractivity contribution in [2.75, 3.05) is 18.4 Å². The molecule has 0 bridgehead atoms. The van der Waals surface area contributed by atoms with Crippen LogP contribution in [-0.2, 0) is 17.9 Å². The topological polar surface area (TPSA) is 92.2 Å². The zero-order valence-electron chi connectivity index (χ0n) is 18.3. The van der Waals surface area contributed by atoms with Crippen molar-refractivity contribution in [1.29, 1.82) is 0 Å². The number of benzene rings is 1. The summed E-state index contributed by atoms with van der Waals surface area (Å²) in [5.41, 5.74) is 2.49. The molecule has 2 N–H and O–H groups in total. The first kappa shape index (κ1) is 21.7. The number of anilines is 1. The number of amides is 2. The second-order valence-corrected chi connectivity index (χ2v) is 7.98. The van der Waals surface area contributed by atoms with E-state index >= 15 is 0 Å². The molecular formula is C23H27FN6O2. The third-order valence-electron chi connectivity index (χ3n) is 5.84. The number of aryl methyl sites for hydroxylation is 1. The maximum atomic E-state index is 13.5. The summed E-state index contributed by atoms with van der Waals surface area (Å²) in [5.74, 6) is -0.556. The van der Waals surface area contributed by atoms with E-state index in [9.17, 15) is 14.0 Å². The van der Waals surface area contributed by atoms with Crippen molar-refractivity contribution in [3.8, 4) is 0 Å². The van der Waals surface area contributed by atoms with E-state index in [4.69, 9.17) is 0 Å². The monoisotopic (exact) mass is 438 g/mol. The first-order valence-corrected chi connectivity index (χ1v) is 10.9. The van der Waals surface area contributed by atoms with Crippen LogP contribution >= 0.6 is 0 Å². The number of nitrogens with zero attached hydrogens (tertiary/aromatic N) is 4. The van der Waals surface area contributed by atoms with Crippen molar-refractivity contribution in [2.24, 2.45) is 0 Å². The van der Waals surface area contributed by atoms with Crippen LogP contribution in [0.2, 0.25) is 0 Å². The molecule has 3 heterocycles. The number of aromatic nitrogens is 3. The number of nitrogens with one attached hydrogen (secondary N) is 2. The van der Waals surface area contributed by atoms with Crippen LogP contribution in [0.5, 0.6) is 0 Å². The zero-order valence-corrected chi connectivity index (χ0v) is 18.3. The minimum atomic E-state index is -0.342. The van der Waals surface area contributed by atoms with E-state index in [2.05, 4.69) is 20.7 Å². The van der Waals surface area contributed by atoms with Crippen molar-refractivity contribution in [2.45, 2.75) is 45.8 Å². The first-order chi connectivity index (χ1) is 15.5. The number of fused-ring (bicyclic) bond motifs is 1. The Bertz CT molecular complexity index is 1140. The maximum Gasteiger partial charge on any atom is 0.255 e. The van der Waals surface area contributed by atoms with Crippen molar-refractivity contribution >= 4 is 28.5 Å². The molecule has 2 amide bonds. The van der Waals surface area contributed by atoms with Crippen molar-refractivity contribution < 1.29 is 14.0 Å². The minimum Gasteiger partial charge on any atom is -0.381 e. The quantitative estimate of drug-likeness (QED) is 0.617. The summed E-state index contributed by atoms with van der Waals surface area (Å²) in [4.78, 5) is 31.0. The normalized spacial score (nSPS) is 14.5. The molecule has 0 aliphatic carbocycles. The van der Waals surface area contributed by atoms with Gasteiger partial charge in [-0.2, -0.15) is 5.10 Å². The van der Waals surface area contributed by atoms with Gasteiger partial charge in [0.15, 0.2) is 5.65 Å². The van der Waals surface area contributed by atoms with Gasteiger partial charge in [-0.1, -0.05) is 12.1 Å². The Morgan fingerprint density at radius 2 is 2.00 bits per heavy atom. The van der Waals surface area contributed by atoms with E-state index in [1.807, 2.05) is 11.8 Å². The molecule has 1 aromatic carbocycles. The Kier molecular flexibility index (Phi) is 6.34. The summed E-state index contributed by atoms with van der Waals surface area (Å²) < 4.78 is 15.2. The van der Waals surface area contributed by atoms with E-state index in [1.165, 1.54) is 12.1 Å². The molecule has 1 saturated heterocycles. The van der Waals surface area contributed by atoms with Crippen LogP contribution in [0.1, 0.15) is 42.6 Å². The molecule has 32 heavy (non-hydrogen) atoms. The number of halogens is 1. The number of pyridine rings is 1. The second-order valence-electron chi connectivity index (χ2n) is 7.98. The smallest absolute Gasteiger partial charge is 0.255 e. The average molecular weight is 439 g/mol. The Morgan fingerprint density at radius 1 is 1.22 bits per heavy atom. The molecule has 0 saturated carbocycles. The molecule has 8 nitrogen and oxygen atoms in total. The standard InChI is InChI=1S/C23H27FN6O2/c1-3-30-22-19(14-27-30)21(28-18-7-9-29(10-8-18)15(2)31)20(13-25-22)23(32)26-12-16-5-4-6-17(24)11-16/h4-6,11,13-14,18H,3,7-10,12H2,1-2H3,(H,25,28)(H,26,32). The molecular weight excluding hydrogens is 411 g/mol. The predicted molar refractivity (Wildman–Crippen MR) is 120 cm³/mol. The number of rotatable bonds is 6. The Labute approximate surface area is 185 Å². The number of hydrogen-bond acceptors (Lipinski definition) is 5. The van der Waals surface area contributed by atoms with Gasteiger partial charge >= 0.3 is 0 Å². The Balaban J connectivity index is 1.58. The lowest BCUT2D eigenvalue weighted by atomic mass is 10.0. The van der Waals surface area contributed by atoms with Gasteiger partial charge in [0.2, 0.25) is 5.91 Å². The highest BCUT2D eigenvalue weighted by Gasteiger charge is 2.24. The number of hydrogen-bond donors (Lipinski definition) is 2. The number of carbonyl (C=O) groups excluding carboxylic acids is 2. The summed E-state index contributed by atoms with van der Waals surface area (Å²) in [5, 5.41) is 11.6. The molecule has 4 rings (SSSR count). The Morgan fingerprint density at radius 3 is 2.69 bits per heavy atom. The van der Waals surface area contributed by atoms with Gasteiger partial charge < -0.3 is 15.5 Å². The van der Waals surface area contributed by atoms with Crippen LogP contribution in [0.3, 0.4) is 0 Å². The van der Waals surface area contributed by atoms with Crippen molar-refractivity contribution in [3.05, 3.63) is 53.6 Å². The molecule has 9 heteroatoms. The van der Waals surface area contributed by atoms with Gasteiger partial charge in [0.05, 0.1) is 22.8 Å². The van der Waals surface area contributed by atoms with Crippen LogP contribution in [0.4, 0.5) is 10.1 Å². The average Bonchev–Trinajstić information content (AvgIpc) is 3.22. The molecule has 1 aliphatic rings. The first-order valence-electron chi connectivity index (χ1n) is 10.9. The van der Waals surface area contributed by atoms with E-state index in [1.54, 1.807) is 36.1 Å². The van der Waals surface area contributed by atoms with E-state index in [0.717, 1.165) is 18.2 Å².